The number of carbonyl (C=O) groups excluding carboxylic acids is 1. The molecule has 0 spiro atoms. The number of carbonyl (C=O) groups is 1. The van der Waals surface area contributed by atoms with Gasteiger partial charge in [-0.25, -0.2) is 0 Å². The van der Waals surface area contributed by atoms with Gasteiger partial charge in [-0.1, -0.05) is 22.0 Å². The van der Waals surface area contributed by atoms with Gasteiger partial charge in [-0.05, 0) is 37.0 Å². The molecule has 0 aromatic heterocycles. The number of halogens is 1. The fourth-order valence-electron chi connectivity index (χ4n) is 2.32. The summed E-state index contributed by atoms with van der Waals surface area (Å²) >= 11 is 3.39. The van der Waals surface area contributed by atoms with E-state index < -0.39 is 0 Å². The molecule has 0 radical (unpaired) electrons. The third kappa shape index (κ3) is 1.99. The average Bonchev–Trinajstić information content (AvgIpc) is 2.86. The first-order chi connectivity index (χ1) is 7.72. The van der Waals surface area contributed by atoms with Crippen LogP contribution in [0.4, 0.5) is 5.69 Å². The number of benzene rings is 1. The van der Waals surface area contributed by atoms with E-state index in [-0.39, 0.29) is 11.9 Å². The molecule has 0 unspecified atom stereocenters. The molecular weight excluding hydrogens is 268 g/mol. The highest BCUT2D eigenvalue weighted by Gasteiger charge is 2.47. The largest absolute Gasteiger partial charge is 0.325 e. The van der Waals surface area contributed by atoms with E-state index in [1.165, 1.54) is 6.42 Å². The molecule has 4 heteroatoms. The maximum Gasteiger partial charge on any atom is 0.241 e. The van der Waals surface area contributed by atoms with Crippen LogP contribution in [0.3, 0.4) is 0 Å². The molecule has 3 nitrogen and oxygen atoms in total. The van der Waals surface area contributed by atoms with Crippen LogP contribution >= 0.6 is 15.9 Å². The Balaban J connectivity index is 1.64. The molecule has 16 heavy (non-hydrogen) atoms. The van der Waals surface area contributed by atoms with Gasteiger partial charge in [0.25, 0.3) is 0 Å². The van der Waals surface area contributed by atoms with E-state index in [0.717, 1.165) is 22.5 Å². The summed E-state index contributed by atoms with van der Waals surface area (Å²) in [5, 5.41) is 6.27. The molecular formula is C12H13BrN2O. The standard InChI is InChI=1S/C12H13BrN2O/c13-8-2-1-3-9(6-8)14-12(16)11-5-7-4-10(7)15-11/h1-3,6-7,10-11,15H,4-5H2,(H,14,16)/t7-,10-,11+/m1/s1. The summed E-state index contributed by atoms with van der Waals surface area (Å²) in [4.78, 5) is 11.9. The van der Waals surface area contributed by atoms with Gasteiger partial charge >= 0.3 is 0 Å². The van der Waals surface area contributed by atoms with Crippen LogP contribution in [-0.2, 0) is 4.79 Å². The van der Waals surface area contributed by atoms with E-state index in [2.05, 4.69) is 26.6 Å². The second-order valence-corrected chi connectivity index (χ2v) is 5.47. The van der Waals surface area contributed by atoms with Crippen molar-refractivity contribution in [1.29, 1.82) is 0 Å². The van der Waals surface area contributed by atoms with Gasteiger partial charge in [0.2, 0.25) is 5.91 Å². The molecule has 3 rings (SSSR count). The summed E-state index contributed by atoms with van der Waals surface area (Å²) < 4.78 is 0.979. The third-order valence-corrected chi connectivity index (χ3v) is 3.78. The van der Waals surface area contributed by atoms with Gasteiger partial charge in [-0.3, -0.25) is 4.79 Å². The number of piperidine rings is 1. The number of hydrogen-bond acceptors (Lipinski definition) is 2. The SMILES string of the molecule is O=C(Nc1cccc(Br)c1)[C@@H]1C[C@H]2C[C@H]2N1. The first kappa shape index (κ1) is 10.3. The number of nitrogens with one attached hydrogen (secondary N) is 2. The second kappa shape index (κ2) is 3.86. The first-order valence-electron chi connectivity index (χ1n) is 5.55. The summed E-state index contributed by atoms with van der Waals surface area (Å²) in [6, 6.07) is 8.28. The molecule has 1 aromatic rings. The van der Waals surface area contributed by atoms with Crippen LogP contribution < -0.4 is 10.6 Å². The van der Waals surface area contributed by atoms with Crippen molar-refractivity contribution in [3.05, 3.63) is 28.7 Å². The van der Waals surface area contributed by atoms with Crippen LogP contribution in [-0.4, -0.2) is 18.0 Å². The maximum absolute atomic E-state index is 11.9. The lowest BCUT2D eigenvalue weighted by Gasteiger charge is -2.13. The Morgan fingerprint density at radius 1 is 1.44 bits per heavy atom. The van der Waals surface area contributed by atoms with E-state index in [1.54, 1.807) is 0 Å². The molecule has 1 saturated carbocycles. The zero-order valence-corrected chi connectivity index (χ0v) is 10.3. The van der Waals surface area contributed by atoms with Crippen LogP contribution in [0.25, 0.3) is 0 Å². The smallest absolute Gasteiger partial charge is 0.241 e. The minimum absolute atomic E-state index is 0.00253. The van der Waals surface area contributed by atoms with Crippen LogP contribution in [0.5, 0.6) is 0 Å². The Hall–Kier alpha value is -0.870. The molecule has 2 N–H and O–H groups in total. The highest BCUT2D eigenvalue weighted by Crippen LogP contribution is 2.40. The van der Waals surface area contributed by atoms with Crippen LogP contribution in [0, 0.1) is 5.92 Å². The Kier molecular flexibility index (Phi) is 2.48. The number of hydrogen-bond donors (Lipinski definition) is 2. The Labute approximate surface area is 103 Å². The molecule has 1 heterocycles. The highest BCUT2D eigenvalue weighted by atomic mass is 79.9. The van der Waals surface area contributed by atoms with Gasteiger partial charge in [-0.2, -0.15) is 0 Å². The quantitative estimate of drug-likeness (QED) is 0.872. The lowest BCUT2D eigenvalue weighted by atomic mass is 10.1. The lowest BCUT2D eigenvalue weighted by Crippen LogP contribution is -2.37. The van der Waals surface area contributed by atoms with Crippen molar-refractivity contribution < 1.29 is 4.79 Å². The normalized spacial score (nSPS) is 30.9. The minimum atomic E-state index is 0.00253. The topological polar surface area (TPSA) is 41.1 Å². The van der Waals surface area contributed by atoms with Gasteiger partial charge in [0.05, 0.1) is 6.04 Å². The summed E-state index contributed by atoms with van der Waals surface area (Å²) in [6.07, 6.45) is 2.24. The Bertz CT molecular complexity index is 425. The fraction of sp³-hybridized carbons (Fsp3) is 0.417. The zero-order valence-electron chi connectivity index (χ0n) is 8.74. The van der Waals surface area contributed by atoms with Crippen LogP contribution in [0.1, 0.15) is 12.8 Å². The Morgan fingerprint density at radius 2 is 2.31 bits per heavy atom. The molecule has 2 aliphatic rings. The summed E-state index contributed by atoms with van der Waals surface area (Å²) in [5.74, 6) is 0.837. The van der Waals surface area contributed by atoms with Gasteiger partial charge in [0.15, 0.2) is 0 Å². The molecule has 1 aliphatic heterocycles. The zero-order chi connectivity index (χ0) is 11.1. The van der Waals surface area contributed by atoms with E-state index >= 15 is 0 Å². The van der Waals surface area contributed by atoms with Gasteiger partial charge in [0.1, 0.15) is 0 Å². The average molecular weight is 281 g/mol. The third-order valence-electron chi connectivity index (χ3n) is 3.28. The lowest BCUT2D eigenvalue weighted by molar-refractivity contribution is -0.118. The van der Waals surface area contributed by atoms with Gasteiger partial charge in [-0.15, -0.1) is 0 Å². The van der Waals surface area contributed by atoms with Crippen molar-refractivity contribution in [3.8, 4) is 0 Å². The van der Waals surface area contributed by atoms with Crippen molar-refractivity contribution in [3.63, 3.8) is 0 Å². The van der Waals surface area contributed by atoms with Gasteiger partial charge in [0, 0.05) is 16.2 Å². The van der Waals surface area contributed by atoms with Crippen molar-refractivity contribution in [2.24, 2.45) is 5.92 Å². The predicted molar refractivity (Wildman–Crippen MR) is 66.2 cm³/mol. The van der Waals surface area contributed by atoms with E-state index in [1.807, 2.05) is 24.3 Å². The van der Waals surface area contributed by atoms with E-state index in [9.17, 15) is 4.79 Å². The molecule has 0 bridgehead atoms. The van der Waals surface area contributed by atoms with Crippen molar-refractivity contribution in [2.45, 2.75) is 24.9 Å². The number of amides is 1. The van der Waals surface area contributed by atoms with Crippen molar-refractivity contribution in [1.82, 2.24) is 5.32 Å². The summed E-state index contributed by atoms with van der Waals surface area (Å²) in [7, 11) is 0. The molecule has 1 saturated heterocycles. The molecule has 84 valence electrons. The summed E-state index contributed by atoms with van der Waals surface area (Å²) in [5.41, 5.74) is 0.849. The number of rotatable bonds is 2. The van der Waals surface area contributed by atoms with Crippen molar-refractivity contribution >= 4 is 27.5 Å². The van der Waals surface area contributed by atoms with Crippen molar-refractivity contribution in [2.75, 3.05) is 5.32 Å². The van der Waals surface area contributed by atoms with E-state index in [0.29, 0.717) is 6.04 Å². The fourth-order valence-corrected chi connectivity index (χ4v) is 2.72. The number of fused-ring (bicyclic) bond motifs is 1. The first-order valence-corrected chi connectivity index (χ1v) is 6.34. The Morgan fingerprint density at radius 3 is 3.00 bits per heavy atom. The summed E-state index contributed by atoms with van der Waals surface area (Å²) in [6.45, 7) is 0. The molecule has 1 aliphatic carbocycles. The van der Waals surface area contributed by atoms with Crippen LogP contribution in [0.15, 0.2) is 28.7 Å². The molecule has 1 amide bonds. The molecule has 2 fully saturated rings. The molecule has 3 atom stereocenters. The maximum atomic E-state index is 11.9. The van der Waals surface area contributed by atoms with E-state index in [4.69, 9.17) is 0 Å². The highest BCUT2D eigenvalue weighted by molar-refractivity contribution is 9.10. The minimum Gasteiger partial charge on any atom is -0.325 e. The van der Waals surface area contributed by atoms with Gasteiger partial charge < -0.3 is 10.6 Å². The van der Waals surface area contributed by atoms with Crippen LogP contribution in [0.2, 0.25) is 0 Å². The second-order valence-electron chi connectivity index (χ2n) is 4.56. The molecule has 1 aromatic carbocycles. The predicted octanol–water partition coefficient (Wildman–Crippen LogP) is 2.14. The number of anilines is 1. The monoisotopic (exact) mass is 280 g/mol.